The maximum Gasteiger partial charge on any atom is 0.238 e. The second kappa shape index (κ2) is 4.24. The molecular formula is C11H14N2O. The number of benzene rings is 1. The predicted molar refractivity (Wildman–Crippen MR) is 54.4 cm³/mol. The van der Waals surface area contributed by atoms with E-state index >= 15 is 0 Å². The predicted octanol–water partition coefficient (Wildman–Crippen LogP) is 1.01. The van der Waals surface area contributed by atoms with Crippen molar-refractivity contribution in [1.82, 2.24) is 10.9 Å². The zero-order valence-corrected chi connectivity index (χ0v) is 7.99. The van der Waals surface area contributed by atoms with Crippen molar-refractivity contribution in [3.05, 3.63) is 35.9 Å². The van der Waals surface area contributed by atoms with Crippen LogP contribution in [0.5, 0.6) is 0 Å². The van der Waals surface area contributed by atoms with Gasteiger partial charge in [0.15, 0.2) is 0 Å². The minimum Gasteiger partial charge on any atom is -0.291 e. The highest BCUT2D eigenvalue weighted by atomic mass is 16.2. The molecule has 0 unspecified atom stereocenters. The number of hydrazine groups is 1. The van der Waals surface area contributed by atoms with E-state index in [9.17, 15) is 4.79 Å². The normalized spacial score (nSPS) is 15.1. The maximum absolute atomic E-state index is 11.4. The van der Waals surface area contributed by atoms with Crippen molar-refractivity contribution in [3.8, 4) is 0 Å². The molecule has 1 aliphatic rings. The molecule has 0 aromatic heterocycles. The highest BCUT2D eigenvalue weighted by Crippen LogP contribution is 2.17. The summed E-state index contributed by atoms with van der Waals surface area (Å²) in [4.78, 5) is 11.4. The monoisotopic (exact) mass is 190 g/mol. The third kappa shape index (κ3) is 2.85. The molecule has 3 heteroatoms. The van der Waals surface area contributed by atoms with Gasteiger partial charge in [0.1, 0.15) is 0 Å². The van der Waals surface area contributed by atoms with Gasteiger partial charge in [-0.05, 0) is 18.4 Å². The summed E-state index contributed by atoms with van der Waals surface area (Å²) in [6.07, 6.45) is 2.79. The fourth-order valence-corrected chi connectivity index (χ4v) is 1.24. The zero-order chi connectivity index (χ0) is 9.80. The van der Waals surface area contributed by atoms with E-state index in [1.807, 2.05) is 30.3 Å². The van der Waals surface area contributed by atoms with Gasteiger partial charge in [0.05, 0.1) is 6.42 Å². The lowest BCUT2D eigenvalue weighted by atomic mass is 10.1. The van der Waals surface area contributed by atoms with Gasteiger partial charge in [-0.2, -0.15) is 0 Å². The summed E-state index contributed by atoms with van der Waals surface area (Å²) < 4.78 is 0. The summed E-state index contributed by atoms with van der Waals surface area (Å²) in [5, 5.41) is 0. The van der Waals surface area contributed by atoms with Crippen LogP contribution in [0.2, 0.25) is 0 Å². The van der Waals surface area contributed by atoms with Crippen molar-refractivity contribution in [2.75, 3.05) is 0 Å². The molecule has 0 heterocycles. The third-order valence-corrected chi connectivity index (χ3v) is 2.20. The summed E-state index contributed by atoms with van der Waals surface area (Å²) in [5.41, 5.74) is 6.73. The first-order valence-electron chi connectivity index (χ1n) is 4.93. The molecule has 0 radical (unpaired) electrons. The first-order chi connectivity index (χ1) is 6.84. The van der Waals surface area contributed by atoms with E-state index in [1.54, 1.807) is 0 Å². The van der Waals surface area contributed by atoms with Crippen molar-refractivity contribution in [2.24, 2.45) is 0 Å². The number of carbonyl (C=O) groups is 1. The lowest BCUT2D eigenvalue weighted by Crippen LogP contribution is -2.39. The molecule has 0 spiro atoms. The van der Waals surface area contributed by atoms with Crippen LogP contribution in [0.25, 0.3) is 0 Å². The second-order valence-corrected chi connectivity index (χ2v) is 3.63. The summed E-state index contributed by atoms with van der Waals surface area (Å²) in [6.45, 7) is 0. The van der Waals surface area contributed by atoms with Crippen LogP contribution in [-0.4, -0.2) is 11.9 Å². The summed E-state index contributed by atoms with van der Waals surface area (Å²) in [7, 11) is 0. The van der Waals surface area contributed by atoms with Crippen molar-refractivity contribution in [1.29, 1.82) is 0 Å². The molecule has 2 rings (SSSR count). The molecule has 1 aromatic carbocycles. The minimum atomic E-state index is 0.0306. The van der Waals surface area contributed by atoms with E-state index < -0.39 is 0 Å². The standard InChI is InChI=1S/C11H14N2O/c14-11(13-12-10-6-7-10)8-9-4-2-1-3-5-9/h1-5,10,12H,6-8H2,(H,13,14). The van der Waals surface area contributed by atoms with E-state index in [0.29, 0.717) is 12.5 Å². The first kappa shape index (κ1) is 9.21. The maximum atomic E-state index is 11.4. The molecule has 1 amide bonds. The van der Waals surface area contributed by atoms with Crippen LogP contribution in [0.3, 0.4) is 0 Å². The molecule has 14 heavy (non-hydrogen) atoms. The van der Waals surface area contributed by atoms with Crippen LogP contribution in [0.1, 0.15) is 18.4 Å². The van der Waals surface area contributed by atoms with Gasteiger partial charge in [-0.3, -0.25) is 10.2 Å². The fourth-order valence-electron chi connectivity index (χ4n) is 1.24. The SMILES string of the molecule is O=C(Cc1ccccc1)NNC1CC1. The number of nitrogens with one attached hydrogen (secondary N) is 2. The minimum absolute atomic E-state index is 0.0306. The number of hydrogen-bond donors (Lipinski definition) is 2. The first-order valence-corrected chi connectivity index (χ1v) is 4.93. The van der Waals surface area contributed by atoms with Gasteiger partial charge in [-0.15, -0.1) is 0 Å². The van der Waals surface area contributed by atoms with Crippen molar-refractivity contribution in [3.63, 3.8) is 0 Å². The summed E-state index contributed by atoms with van der Waals surface area (Å²) in [6, 6.07) is 10.3. The molecule has 0 atom stereocenters. The second-order valence-electron chi connectivity index (χ2n) is 3.63. The lowest BCUT2D eigenvalue weighted by molar-refractivity contribution is -0.121. The number of hydrogen-bond acceptors (Lipinski definition) is 2. The van der Waals surface area contributed by atoms with E-state index in [4.69, 9.17) is 0 Å². The van der Waals surface area contributed by atoms with Crippen LogP contribution in [-0.2, 0) is 11.2 Å². The summed E-state index contributed by atoms with van der Waals surface area (Å²) >= 11 is 0. The van der Waals surface area contributed by atoms with Crippen molar-refractivity contribution in [2.45, 2.75) is 25.3 Å². The Kier molecular flexibility index (Phi) is 2.79. The van der Waals surface area contributed by atoms with Crippen LogP contribution in [0.4, 0.5) is 0 Å². The van der Waals surface area contributed by atoms with Crippen LogP contribution >= 0.6 is 0 Å². The van der Waals surface area contributed by atoms with Crippen molar-refractivity contribution < 1.29 is 4.79 Å². The number of amides is 1. The molecule has 3 nitrogen and oxygen atoms in total. The Labute approximate surface area is 83.5 Å². The largest absolute Gasteiger partial charge is 0.291 e. The molecule has 0 saturated heterocycles. The molecule has 2 N–H and O–H groups in total. The third-order valence-electron chi connectivity index (χ3n) is 2.20. The molecule has 1 aliphatic carbocycles. The van der Waals surface area contributed by atoms with Gasteiger partial charge < -0.3 is 0 Å². The Morgan fingerprint density at radius 1 is 1.29 bits per heavy atom. The van der Waals surface area contributed by atoms with Crippen LogP contribution < -0.4 is 10.9 Å². The van der Waals surface area contributed by atoms with Gasteiger partial charge in [0.2, 0.25) is 5.91 Å². The lowest BCUT2D eigenvalue weighted by Gasteiger charge is -2.05. The Morgan fingerprint density at radius 2 is 2.00 bits per heavy atom. The van der Waals surface area contributed by atoms with Gasteiger partial charge in [-0.25, -0.2) is 5.43 Å². The molecular weight excluding hydrogens is 176 g/mol. The van der Waals surface area contributed by atoms with Crippen molar-refractivity contribution >= 4 is 5.91 Å². The Bertz CT molecular complexity index is 306. The molecule has 74 valence electrons. The number of carbonyl (C=O) groups excluding carboxylic acids is 1. The number of rotatable bonds is 4. The molecule has 1 fully saturated rings. The molecule has 0 aliphatic heterocycles. The highest BCUT2D eigenvalue weighted by Gasteiger charge is 2.20. The topological polar surface area (TPSA) is 41.1 Å². The zero-order valence-electron chi connectivity index (χ0n) is 7.99. The quantitative estimate of drug-likeness (QED) is 0.696. The van der Waals surface area contributed by atoms with Crippen LogP contribution in [0, 0.1) is 0 Å². The van der Waals surface area contributed by atoms with Crippen LogP contribution in [0.15, 0.2) is 30.3 Å². The average Bonchev–Trinajstić information content (AvgIpc) is 3.00. The average molecular weight is 190 g/mol. The Balaban J connectivity index is 1.76. The Morgan fingerprint density at radius 3 is 2.64 bits per heavy atom. The molecule has 1 aromatic rings. The van der Waals surface area contributed by atoms with E-state index in [-0.39, 0.29) is 5.91 Å². The van der Waals surface area contributed by atoms with E-state index in [1.165, 1.54) is 12.8 Å². The smallest absolute Gasteiger partial charge is 0.238 e. The van der Waals surface area contributed by atoms with E-state index in [0.717, 1.165) is 5.56 Å². The molecule has 1 saturated carbocycles. The van der Waals surface area contributed by atoms with Gasteiger partial charge >= 0.3 is 0 Å². The Hall–Kier alpha value is -1.35. The fraction of sp³-hybridized carbons (Fsp3) is 0.364. The van der Waals surface area contributed by atoms with Gasteiger partial charge in [0.25, 0.3) is 0 Å². The van der Waals surface area contributed by atoms with Gasteiger partial charge in [-0.1, -0.05) is 30.3 Å². The van der Waals surface area contributed by atoms with E-state index in [2.05, 4.69) is 10.9 Å². The highest BCUT2D eigenvalue weighted by molar-refractivity contribution is 5.78. The molecule has 0 bridgehead atoms. The summed E-state index contributed by atoms with van der Waals surface area (Å²) in [5.74, 6) is 0.0306. The van der Waals surface area contributed by atoms with Gasteiger partial charge in [0, 0.05) is 6.04 Å².